The van der Waals surface area contributed by atoms with Crippen molar-refractivity contribution in [2.75, 3.05) is 14.2 Å². The molecule has 140 valence electrons. The number of rotatable bonds is 7. The SMILES string of the molecule is CCC(NC(=O)c1ccc(OC)c(S(=O)(=O)NC)c1)c1ccc(C)cc1. The molecule has 2 N–H and O–H groups in total. The van der Waals surface area contributed by atoms with Crippen molar-refractivity contribution in [1.82, 2.24) is 10.0 Å². The Morgan fingerprint density at radius 3 is 2.35 bits per heavy atom. The fourth-order valence-corrected chi connectivity index (χ4v) is 3.52. The number of hydrogen-bond donors (Lipinski definition) is 2. The molecule has 2 aromatic rings. The molecule has 0 spiro atoms. The van der Waals surface area contributed by atoms with E-state index in [-0.39, 0.29) is 28.2 Å². The molecule has 0 fully saturated rings. The van der Waals surface area contributed by atoms with Crippen LogP contribution < -0.4 is 14.8 Å². The maximum atomic E-state index is 12.7. The molecule has 0 aliphatic rings. The van der Waals surface area contributed by atoms with Crippen LogP contribution in [0.2, 0.25) is 0 Å². The smallest absolute Gasteiger partial charge is 0.251 e. The minimum Gasteiger partial charge on any atom is -0.495 e. The van der Waals surface area contributed by atoms with Crippen molar-refractivity contribution >= 4 is 15.9 Å². The first-order valence-electron chi connectivity index (χ1n) is 8.31. The zero-order chi connectivity index (χ0) is 19.3. The monoisotopic (exact) mass is 376 g/mol. The van der Waals surface area contributed by atoms with Crippen LogP contribution in [0.5, 0.6) is 5.75 Å². The standard InChI is InChI=1S/C19H24N2O4S/c1-5-16(14-8-6-13(2)7-9-14)21-19(22)15-10-11-17(25-4)18(12-15)26(23,24)20-3/h6-12,16,20H,5H2,1-4H3,(H,21,22). The van der Waals surface area contributed by atoms with Gasteiger partial charge in [0.25, 0.3) is 5.91 Å². The number of aryl methyl sites for hydroxylation is 1. The van der Waals surface area contributed by atoms with Gasteiger partial charge in [0.15, 0.2) is 0 Å². The molecule has 1 amide bonds. The summed E-state index contributed by atoms with van der Waals surface area (Å²) in [7, 11) is -1.05. The molecule has 2 rings (SSSR count). The van der Waals surface area contributed by atoms with Gasteiger partial charge in [-0.05, 0) is 44.2 Å². The van der Waals surface area contributed by atoms with Gasteiger partial charge in [-0.15, -0.1) is 0 Å². The summed E-state index contributed by atoms with van der Waals surface area (Å²) < 4.78 is 31.7. The number of benzene rings is 2. The van der Waals surface area contributed by atoms with Gasteiger partial charge >= 0.3 is 0 Å². The van der Waals surface area contributed by atoms with E-state index in [2.05, 4.69) is 10.0 Å². The number of carbonyl (C=O) groups excluding carboxylic acids is 1. The van der Waals surface area contributed by atoms with Crippen molar-refractivity contribution in [3.63, 3.8) is 0 Å². The largest absolute Gasteiger partial charge is 0.495 e. The van der Waals surface area contributed by atoms with Gasteiger partial charge in [0.1, 0.15) is 10.6 Å². The third-order valence-electron chi connectivity index (χ3n) is 4.18. The second-order valence-electron chi connectivity index (χ2n) is 5.92. The number of hydrogen-bond acceptors (Lipinski definition) is 4. The summed E-state index contributed by atoms with van der Waals surface area (Å²) in [5.74, 6) is -0.158. The predicted octanol–water partition coefficient (Wildman–Crippen LogP) is 2.79. The molecule has 1 unspecified atom stereocenters. The minimum absolute atomic E-state index is 0.0708. The highest BCUT2D eigenvalue weighted by Crippen LogP contribution is 2.25. The van der Waals surface area contributed by atoms with Crippen LogP contribution in [0.1, 0.15) is 40.9 Å². The molecule has 0 aliphatic heterocycles. The van der Waals surface area contributed by atoms with Crippen LogP contribution in [0.25, 0.3) is 0 Å². The number of carbonyl (C=O) groups is 1. The van der Waals surface area contributed by atoms with Gasteiger partial charge < -0.3 is 10.1 Å². The third kappa shape index (κ3) is 4.42. The van der Waals surface area contributed by atoms with Gasteiger partial charge in [0.2, 0.25) is 10.0 Å². The first kappa shape index (κ1) is 19.9. The van der Waals surface area contributed by atoms with Crippen molar-refractivity contribution < 1.29 is 17.9 Å². The number of amides is 1. The molecule has 2 aromatic carbocycles. The molecule has 0 bridgehead atoms. The molecule has 1 atom stereocenters. The zero-order valence-corrected chi connectivity index (χ0v) is 16.2. The predicted molar refractivity (Wildman–Crippen MR) is 101 cm³/mol. The van der Waals surface area contributed by atoms with E-state index < -0.39 is 10.0 Å². The van der Waals surface area contributed by atoms with Crippen LogP contribution in [0.4, 0.5) is 0 Å². The van der Waals surface area contributed by atoms with E-state index in [1.54, 1.807) is 6.07 Å². The normalized spacial score (nSPS) is 12.5. The second-order valence-corrected chi connectivity index (χ2v) is 7.77. The van der Waals surface area contributed by atoms with E-state index in [0.29, 0.717) is 6.42 Å². The van der Waals surface area contributed by atoms with Crippen LogP contribution in [-0.2, 0) is 10.0 Å². The molecule has 0 aliphatic carbocycles. The summed E-state index contributed by atoms with van der Waals surface area (Å²) in [6.45, 7) is 3.99. The molecular formula is C19H24N2O4S. The highest BCUT2D eigenvalue weighted by atomic mass is 32.2. The molecule has 0 saturated heterocycles. The lowest BCUT2D eigenvalue weighted by atomic mass is 10.0. The lowest BCUT2D eigenvalue weighted by molar-refractivity contribution is 0.0935. The van der Waals surface area contributed by atoms with Crippen LogP contribution >= 0.6 is 0 Å². The lowest BCUT2D eigenvalue weighted by Crippen LogP contribution is -2.28. The first-order chi connectivity index (χ1) is 12.3. The Morgan fingerprint density at radius 1 is 1.15 bits per heavy atom. The highest BCUT2D eigenvalue weighted by molar-refractivity contribution is 7.89. The molecular weight excluding hydrogens is 352 g/mol. The van der Waals surface area contributed by atoms with Gasteiger partial charge in [-0.1, -0.05) is 36.8 Å². The van der Waals surface area contributed by atoms with E-state index in [1.807, 2.05) is 38.1 Å². The number of sulfonamides is 1. The van der Waals surface area contributed by atoms with Gasteiger partial charge in [-0.3, -0.25) is 4.79 Å². The molecule has 6 nitrogen and oxygen atoms in total. The maximum Gasteiger partial charge on any atom is 0.251 e. The van der Waals surface area contributed by atoms with E-state index in [4.69, 9.17) is 4.74 Å². The summed E-state index contributed by atoms with van der Waals surface area (Å²) in [5, 5.41) is 2.96. The summed E-state index contributed by atoms with van der Waals surface area (Å²) in [6, 6.07) is 12.1. The Kier molecular flexibility index (Phi) is 6.39. The quantitative estimate of drug-likeness (QED) is 0.778. The van der Waals surface area contributed by atoms with E-state index in [0.717, 1.165) is 11.1 Å². The molecule has 7 heteroatoms. The average molecular weight is 376 g/mol. The molecule has 0 heterocycles. The molecule has 0 radical (unpaired) electrons. The van der Waals surface area contributed by atoms with Gasteiger partial charge in [-0.25, -0.2) is 13.1 Å². The summed E-state index contributed by atoms with van der Waals surface area (Å²) in [4.78, 5) is 12.6. The van der Waals surface area contributed by atoms with Crippen LogP contribution in [0.3, 0.4) is 0 Å². The Labute approximate surface area is 154 Å². The van der Waals surface area contributed by atoms with Crippen molar-refractivity contribution in [1.29, 1.82) is 0 Å². The van der Waals surface area contributed by atoms with Crippen LogP contribution in [-0.4, -0.2) is 28.5 Å². The molecule has 0 saturated carbocycles. The van der Waals surface area contributed by atoms with Crippen LogP contribution in [0, 0.1) is 6.92 Å². The maximum absolute atomic E-state index is 12.7. The summed E-state index contributed by atoms with van der Waals surface area (Å²) in [5.41, 5.74) is 2.40. The fraction of sp³-hybridized carbons (Fsp3) is 0.316. The van der Waals surface area contributed by atoms with Crippen molar-refractivity contribution in [2.24, 2.45) is 0 Å². The van der Waals surface area contributed by atoms with Crippen LogP contribution in [0.15, 0.2) is 47.4 Å². The van der Waals surface area contributed by atoms with Crippen molar-refractivity contribution in [2.45, 2.75) is 31.2 Å². The third-order valence-corrected chi connectivity index (χ3v) is 5.61. The fourth-order valence-electron chi connectivity index (χ4n) is 2.60. The highest BCUT2D eigenvalue weighted by Gasteiger charge is 2.21. The second kappa shape index (κ2) is 8.33. The first-order valence-corrected chi connectivity index (χ1v) is 9.79. The van der Waals surface area contributed by atoms with E-state index in [1.165, 1.54) is 26.3 Å². The van der Waals surface area contributed by atoms with E-state index >= 15 is 0 Å². The average Bonchev–Trinajstić information content (AvgIpc) is 2.66. The van der Waals surface area contributed by atoms with Gasteiger partial charge in [0, 0.05) is 5.56 Å². The molecule has 26 heavy (non-hydrogen) atoms. The Bertz CT molecular complexity index is 877. The number of nitrogens with one attached hydrogen (secondary N) is 2. The van der Waals surface area contributed by atoms with E-state index in [9.17, 15) is 13.2 Å². The molecule has 0 aromatic heterocycles. The number of methoxy groups -OCH3 is 1. The Balaban J connectivity index is 2.31. The number of ether oxygens (including phenoxy) is 1. The minimum atomic E-state index is -3.74. The topological polar surface area (TPSA) is 84.5 Å². The zero-order valence-electron chi connectivity index (χ0n) is 15.4. The lowest BCUT2D eigenvalue weighted by Gasteiger charge is -2.18. The van der Waals surface area contributed by atoms with Gasteiger partial charge in [0.05, 0.1) is 13.2 Å². The summed E-state index contributed by atoms with van der Waals surface area (Å²) >= 11 is 0. The van der Waals surface area contributed by atoms with Crippen molar-refractivity contribution in [3.05, 3.63) is 59.2 Å². The Hall–Kier alpha value is -2.38. The van der Waals surface area contributed by atoms with Crippen molar-refractivity contribution in [3.8, 4) is 5.75 Å². The van der Waals surface area contributed by atoms with Gasteiger partial charge in [-0.2, -0.15) is 0 Å². The summed E-state index contributed by atoms with van der Waals surface area (Å²) in [6.07, 6.45) is 0.715. The Morgan fingerprint density at radius 2 is 1.81 bits per heavy atom.